The van der Waals surface area contributed by atoms with Gasteiger partial charge < -0.3 is 15.3 Å². The Labute approximate surface area is 150 Å². The van der Waals surface area contributed by atoms with Crippen LogP contribution in [0.4, 0.5) is 17.1 Å². The van der Waals surface area contributed by atoms with Crippen molar-refractivity contribution in [3.63, 3.8) is 0 Å². The Morgan fingerprint density at radius 1 is 1.15 bits per heavy atom. The largest absolute Gasteiger partial charge is 0.476 e. The molecule has 2 heterocycles. The quantitative estimate of drug-likeness (QED) is 0.844. The van der Waals surface area contributed by atoms with Crippen molar-refractivity contribution in [1.82, 2.24) is 15.1 Å². The summed E-state index contributed by atoms with van der Waals surface area (Å²) in [5, 5.41) is 19.4. The Balaban J connectivity index is 1.46. The Morgan fingerprint density at radius 3 is 2.58 bits per heavy atom. The molecule has 1 aromatic heterocycles. The number of nitrogens with zero attached hydrogens (tertiary/aromatic N) is 4. The second-order valence-electron chi connectivity index (χ2n) is 6.52. The van der Waals surface area contributed by atoms with E-state index in [2.05, 4.69) is 20.4 Å². The highest BCUT2D eigenvalue weighted by Gasteiger charge is 2.34. The third-order valence-electron chi connectivity index (χ3n) is 4.69. The lowest BCUT2D eigenvalue weighted by atomic mass is 10.2. The number of benzene rings is 1. The van der Waals surface area contributed by atoms with Gasteiger partial charge in [0, 0.05) is 30.5 Å². The van der Waals surface area contributed by atoms with E-state index < -0.39 is 5.97 Å². The van der Waals surface area contributed by atoms with Gasteiger partial charge in [-0.05, 0) is 43.2 Å². The molecule has 0 unspecified atom stereocenters. The van der Waals surface area contributed by atoms with E-state index >= 15 is 0 Å². The SMILES string of the molecule is O=C(O)c1nnccc1Nc1ccc(N2CCN(C3CC3)CC2=O)cc1. The summed E-state index contributed by atoms with van der Waals surface area (Å²) in [4.78, 5) is 27.7. The van der Waals surface area contributed by atoms with E-state index in [-0.39, 0.29) is 11.6 Å². The summed E-state index contributed by atoms with van der Waals surface area (Å²) in [5.74, 6) is -1.02. The number of amides is 1. The summed E-state index contributed by atoms with van der Waals surface area (Å²) in [5.41, 5.74) is 1.80. The van der Waals surface area contributed by atoms with Gasteiger partial charge in [-0.15, -0.1) is 5.10 Å². The molecule has 4 rings (SSSR count). The molecule has 134 valence electrons. The molecule has 2 fully saturated rings. The number of aromatic carboxylic acids is 1. The zero-order valence-electron chi connectivity index (χ0n) is 14.1. The first-order valence-electron chi connectivity index (χ1n) is 8.58. The maximum Gasteiger partial charge on any atom is 0.358 e. The van der Waals surface area contributed by atoms with E-state index in [1.165, 1.54) is 19.0 Å². The lowest BCUT2D eigenvalue weighted by Crippen LogP contribution is -2.51. The van der Waals surface area contributed by atoms with Crippen LogP contribution in [0.1, 0.15) is 23.3 Å². The van der Waals surface area contributed by atoms with Crippen molar-refractivity contribution in [3.05, 3.63) is 42.2 Å². The van der Waals surface area contributed by atoms with Gasteiger partial charge in [0.05, 0.1) is 18.4 Å². The number of carboxylic acid groups (broad SMARTS) is 1. The number of anilines is 3. The number of carbonyl (C=O) groups excluding carboxylic acids is 1. The number of hydrogen-bond donors (Lipinski definition) is 2. The molecule has 0 atom stereocenters. The van der Waals surface area contributed by atoms with Crippen LogP contribution < -0.4 is 10.2 Å². The van der Waals surface area contributed by atoms with Crippen LogP contribution in [-0.2, 0) is 4.79 Å². The zero-order valence-corrected chi connectivity index (χ0v) is 14.1. The summed E-state index contributed by atoms with van der Waals surface area (Å²) >= 11 is 0. The molecular formula is C18H19N5O3. The topological polar surface area (TPSA) is 98.7 Å². The smallest absolute Gasteiger partial charge is 0.358 e. The highest BCUT2D eigenvalue weighted by atomic mass is 16.4. The number of carboxylic acids is 1. The van der Waals surface area contributed by atoms with Crippen molar-refractivity contribution in [1.29, 1.82) is 0 Å². The van der Waals surface area contributed by atoms with Gasteiger partial charge in [0.2, 0.25) is 5.91 Å². The van der Waals surface area contributed by atoms with Crippen molar-refractivity contribution < 1.29 is 14.7 Å². The van der Waals surface area contributed by atoms with Crippen LogP contribution in [0.15, 0.2) is 36.5 Å². The molecule has 2 N–H and O–H groups in total. The molecule has 1 aromatic carbocycles. The first kappa shape index (κ1) is 16.5. The van der Waals surface area contributed by atoms with Crippen molar-refractivity contribution in [2.75, 3.05) is 29.9 Å². The van der Waals surface area contributed by atoms with Crippen molar-refractivity contribution in [3.8, 4) is 0 Å². The summed E-state index contributed by atoms with van der Waals surface area (Å²) < 4.78 is 0. The number of rotatable bonds is 5. The van der Waals surface area contributed by atoms with E-state index in [0.29, 0.717) is 30.5 Å². The molecule has 0 spiro atoms. The number of aromatic nitrogens is 2. The summed E-state index contributed by atoms with van der Waals surface area (Å²) in [7, 11) is 0. The van der Waals surface area contributed by atoms with Crippen LogP contribution in [0.2, 0.25) is 0 Å². The molecule has 2 aromatic rings. The number of carbonyl (C=O) groups is 2. The molecule has 0 radical (unpaired) electrons. The van der Waals surface area contributed by atoms with Gasteiger partial charge in [0.25, 0.3) is 0 Å². The molecule has 1 aliphatic carbocycles. The van der Waals surface area contributed by atoms with Crippen LogP contribution in [0.25, 0.3) is 0 Å². The van der Waals surface area contributed by atoms with Crippen LogP contribution >= 0.6 is 0 Å². The fourth-order valence-electron chi connectivity index (χ4n) is 3.19. The Morgan fingerprint density at radius 2 is 1.92 bits per heavy atom. The maximum atomic E-state index is 12.4. The second-order valence-corrected chi connectivity index (χ2v) is 6.52. The molecule has 1 amide bonds. The number of piperazine rings is 1. The predicted octanol–water partition coefficient (Wildman–Crippen LogP) is 1.73. The van der Waals surface area contributed by atoms with Crippen molar-refractivity contribution >= 4 is 28.9 Å². The third kappa shape index (κ3) is 3.36. The average Bonchev–Trinajstić information content (AvgIpc) is 3.48. The Kier molecular flexibility index (Phi) is 4.26. The Hall–Kier alpha value is -3.00. The fourth-order valence-corrected chi connectivity index (χ4v) is 3.19. The first-order valence-corrected chi connectivity index (χ1v) is 8.58. The number of hydrogen-bond acceptors (Lipinski definition) is 6. The van der Waals surface area contributed by atoms with Gasteiger partial charge >= 0.3 is 5.97 Å². The maximum absolute atomic E-state index is 12.4. The van der Waals surface area contributed by atoms with Gasteiger partial charge in [-0.3, -0.25) is 9.69 Å². The first-order chi connectivity index (χ1) is 12.6. The van der Waals surface area contributed by atoms with E-state index in [0.717, 1.165) is 12.2 Å². The van der Waals surface area contributed by atoms with Gasteiger partial charge in [0.1, 0.15) is 0 Å². The fraction of sp³-hybridized carbons (Fsp3) is 0.333. The normalized spacial score (nSPS) is 18.0. The van der Waals surface area contributed by atoms with E-state index in [9.17, 15) is 9.59 Å². The van der Waals surface area contributed by atoms with Gasteiger partial charge in [-0.25, -0.2) is 4.79 Å². The zero-order chi connectivity index (χ0) is 18.1. The summed E-state index contributed by atoms with van der Waals surface area (Å²) in [6, 6.07) is 9.53. The van der Waals surface area contributed by atoms with Gasteiger partial charge in [-0.1, -0.05) is 0 Å². The number of nitrogens with one attached hydrogen (secondary N) is 1. The van der Waals surface area contributed by atoms with Gasteiger partial charge in [-0.2, -0.15) is 5.10 Å². The average molecular weight is 353 g/mol. The molecule has 2 aliphatic rings. The highest BCUT2D eigenvalue weighted by Crippen LogP contribution is 2.29. The highest BCUT2D eigenvalue weighted by molar-refractivity contribution is 5.96. The molecule has 1 saturated carbocycles. The molecule has 8 nitrogen and oxygen atoms in total. The predicted molar refractivity (Wildman–Crippen MR) is 95.7 cm³/mol. The second kappa shape index (κ2) is 6.72. The summed E-state index contributed by atoms with van der Waals surface area (Å²) in [6.45, 7) is 2.08. The molecule has 1 saturated heterocycles. The van der Waals surface area contributed by atoms with Crippen LogP contribution in [0, 0.1) is 0 Å². The van der Waals surface area contributed by atoms with E-state index in [4.69, 9.17) is 5.11 Å². The van der Waals surface area contributed by atoms with Crippen molar-refractivity contribution in [2.45, 2.75) is 18.9 Å². The van der Waals surface area contributed by atoms with Crippen LogP contribution in [0.3, 0.4) is 0 Å². The van der Waals surface area contributed by atoms with E-state index in [1.807, 2.05) is 24.3 Å². The van der Waals surface area contributed by atoms with Crippen LogP contribution in [-0.4, -0.2) is 57.8 Å². The molecular weight excluding hydrogens is 334 g/mol. The van der Waals surface area contributed by atoms with Crippen molar-refractivity contribution in [2.24, 2.45) is 0 Å². The lowest BCUT2D eigenvalue weighted by Gasteiger charge is -2.34. The Bertz CT molecular complexity index is 835. The summed E-state index contributed by atoms with van der Waals surface area (Å²) in [6.07, 6.45) is 3.84. The minimum atomic E-state index is -1.14. The van der Waals surface area contributed by atoms with Crippen LogP contribution in [0.5, 0.6) is 0 Å². The minimum Gasteiger partial charge on any atom is -0.476 e. The lowest BCUT2D eigenvalue weighted by molar-refractivity contribution is -0.121. The molecule has 1 aliphatic heterocycles. The third-order valence-corrected chi connectivity index (χ3v) is 4.69. The van der Waals surface area contributed by atoms with E-state index in [1.54, 1.807) is 11.0 Å². The molecule has 0 bridgehead atoms. The standard InChI is InChI=1S/C18H19N5O3/c24-16-11-22(13-5-6-13)9-10-23(16)14-3-1-12(2-4-14)20-15-7-8-19-21-17(15)18(25)26/h1-4,7-8,13H,5-6,9-11H2,(H,19,20)(H,25,26). The van der Waals surface area contributed by atoms with Gasteiger partial charge in [0.15, 0.2) is 5.69 Å². The molecule has 8 heteroatoms. The monoisotopic (exact) mass is 353 g/mol. The minimum absolute atomic E-state index is 0.121. The molecule has 26 heavy (non-hydrogen) atoms.